The molecule has 1 N–H and O–H groups in total. The minimum atomic E-state index is 0.282. The number of hydrogen-bond acceptors (Lipinski definition) is 2. The van der Waals surface area contributed by atoms with Gasteiger partial charge in [0, 0.05) is 32.1 Å². The lowest BCUT2D eigenvalue weighted by atomic mass is 9.93. The summed E-state index contributed by atoms with van der Waals surface area (Å²) < 4.78 is 0. The van der Waals surface area contributed by atoms with Gasteiger partial charge in [-0.15, -0.1) is 0 Å². The van der Waals surface area contributed by atoms with E-state index >= 15 is 0 Å². The molecule has 1 aromatic rings. The zero-order chi connectivity index (χ0) is 13.8. The first-order chi connectivity index (χ1) is 9.08. The fourth-order valence-corrected chi connectivity index (χ4v) is 2.80. The van der Waals surface area contributed by atoms with Gasteiger partial charge in [0.25, 0.3) is 0 Å². The number of carbonyl (C=O) groups is 1. The van der Waals surface area contributed by atoms with Crippen molar-refractivity contribution in [2.45, 2.75) is 39.2 Å². The largest absolute Gasteiger partial charge is 0.340 e. The van der Waals surface area contributed by atoms with Crippen LogP contribution >= 0.6 is 0 Å². The molecule has 3 heteroatoms. The number of hydrogen-bond donors (Lipinski definition) is 1. The van der Waals surface area contributed by atoms with Gasteiger partial charge in [0.15, 0.2) is 0 Å². The third kappa shape index (κ3) is 3.57. The molecule has 1 aliphatic rings. The van der Waals surface area contributed by atoms with Crippen molar-refractivity contribution in [2.75, 3.05) is 19.6 Å². The van der Waals surface area contributed by atoms with Crippen molar-refractivity contribution >= 4 is 5.91 Å². The monoisotopic (exact) mass is 260 g/mol. The van der Waals surface area contributed by atoms with E-state index in [2.05, 4.69) is 44.3 Å². The smallest absolute Gasteiger partial charge is 0.223 e. The SMILES string of the molecule is Cc1ccccc1[C@H](C)CC(=O)N1CCN[C@H](C)C1. The van der Waals surface area contributed by atoms with Crippen molar-refractivity contribution < 1.29 is 4.79 Å². The van der Waals surface area contributed by atoms with Crippen LogP contribution in [0.25, 0.3) is 0 Å². The average Bonchev–Trinajstić information content (AvgIpc) is 2.39. The van der Waals surface area contributed by atoms with Crippen molar-refractivity contribution in [1.29, 1.82) is 0 Å². The molecule has 0 aromatic heterocycles. The molecule has 1 aromatic carbocycles. The van der Waals surface area contributed by atoms with Crippen molar-refractivity contribution in [3.8, 4) is 0 Å². The number of aryl methyl sites for hydroxylation is 1. The second-order valence-electron chi connectivity index (χ2n) is 5.66. The molecule has 0 spiro atoms. The quantitative estimate of drug-likeness (QED) is 0.904. The molecule has 104 valence electrons. The molecule has 0 radical (unpaired) electrons. The standard InChI is InChI=1S/C16H24N2O/c1-12-6-4-5-7-15(12)13(2)10-16(19)18-9-8-17-14(3)11-18/h4-7,13-14,17H,8-11H2,1-3H3/t13-,14-/m1/s1. The van der Waals surface area contributed by atoms with E-state index in [1.807, 2.05) is 11.0 Å². The summed E-state index contributed by atoms with van der Waals surface area (Å²) in [4.78, 5) is 14.3. The Bertz CT molecular complexity index is 444. The van der Waals surface area contributed by atoms with Crippen LogP contribution in [0.2, 0.25) is 0 Å². The van der Waals surface area contributed by atoms with Gasteiger partial charge in [0.1, 0.15) is 0 Å². The van der Waals surface area contributed by atoms with Crippen molar-refractivity contribution in [3.63, 3.8) is 0 Å². The molecule has 0 aliphatic carbocycles. The Morgan fingerprint density at radius 2 is 2.21 bits per heavy atom. The Hall–Kier alpha value is -1.35. The number of nitrogens with one attached hydrogen (secondary N) is 1. The fourth-order valence-electron chi connectivity index (χ4n) is 2.80. The van der Waals surface area contributed by atoms with Gasteiger partial charge in [0.05, 0.1) is 0 Å². The molecular formula is C16H24N2O. The van der Waals surface area contributed by atoms with E-state index in [-0.39, 0.29) is 5.91 Å². The molecule has 1 saturated heterocycles. The van der Waals surface area contributed by atoms with Crippen LogP contribution in [0.1, 0.15) is 37.3 Å². The van der Waals surface area contributed by atoms with Crippen molar-refractivity contribution in [1.82, 2.24) is 10.2 Å². The van der Waals surface area contributed by atoms with Crippen LogP contribution in [0.15, 0.2) is 24.3 Å². The highest BCUT2D eigenvalue weighted by atomic mass is 16.2. The van der Waals surface area contributed by atoms with E-state index in [1.165, 1.54) is 11.1 Å². The summed E-state index contributed by atoms with van der Waals surface area (Å²) in [7, 11) is 0. The lowest BCUT2D eigenvalue weighted by Crippen LogP contribution is -2.51. The summed E-state index contributed by atoms with van der Waals surface area (Å²) in [6.07, 6.45) is 0.609. The Morgan fingerprint density at radius 1 is 1.47 bits per heavy atom. The molecule has 1 fully saturated rings. The van der Waals surface area contributed by atoms with Gasteiger partial charge < -0.3 is 10.2 Å². The lowest BCUT2D eigenvalue weighted by molar-refractivity contribution is -0.132. The Kier molecular flexibility index (Phi) is 4.59. The van der Waals surface area contributed by atoms with Gasteiger partial charge in [-0.25, -0.2) is 0 Å². The third-order valence-corrected chi connectivity index (χ3v) is 3.92. The number of amides is 1. The average molecular weight is 260 g/mol. The maximum atomic E-state index is 12.3. The third-order valence-electron chi connectivity index (χ3n) is 3.92. The van der Waals surface area contributed by atoms with Crippen LogP contribution in [-0.4, -0.2) is 36.5 Å². The highest BCUT2D eigenvalue weighted by molar-refractivity contribution is 5.77. The number of piperazine rings is 1. The maximum Gasteiger partial charge on any atom is 0.223 e. The maximum absolute atomic E-state index is 12.3. The minimum absolute atomic E-state index is 0.282. The van der Waals surface area contributed by atoms with Gasteiger partial charge in [-0.1, -0.05) is 31.2 Å². The number of benzene rings is 1. The van der Waals surface area contributed by atoms with Crippen LogP contribution in [0.3, 0.4) is 0 Å². The summed E-state index contributed by atoms with van der Waals surface area (Å²) in [5, 5.41) is 3.37. The van der Waals surface area contributed by atoms with Gasteiger partial charge in [-0.2, -0.15) is 0 Å². The molecule has 0 saturated carbocycles. The van der Waals surface area contributed by atoms with E-state index in [1.54, 1.807) is 0 Å². The zero-order valence-electron chi connectivity index (χ0n) is 12.1. The number of nitrogens with zero attached hydrogens (tertiary/aromatic N) is 1. The highest BCUT2D eigenvalue weighted by Gasteiger charge is 2.22. The summed E-state index contributed by atoms with van der Waals surface area (Å²) in [6, 6.07) is 8.75. The predicted octanol–water partition coefficient (Wildman–Crippen LogP) is 2.31. The minimum Gasteiger partial charge on any atom is -0.340 e. The molecule has 2 atom stereocenters. The Labute approximate surface area is 116 Å². The topological polar surface area (TPSA) is 32.3 Å². The molecule has 1 heterocycles. The summed E-state index contributed by atoms with van der Waals surface area (Å²) in [6.45, 7) is 8.97. The molecule has 0 bridgehead atoms. The van der Waals surface area contributed by atoms with E-state index in [0.29, 0.717) is 18.4 Å². The summed E-state index contributed by atoms with van der Waals surface area (Å²) in [5.74, 6) is 0.572. The van der Waals surface area contributed by atoms with E-state index < -0.39 is 0 Å². The lowest BCUT2D eigenvalue weighted by Gasteiger charge is -2.32. The first kappa shape index (κ1) is 14.1. The fraction of sp³-hybridized carbons (Fsp3) is 0.562. The van der Waals surface area contributed by atoms with Gasteiger partial charge >= 0.3 is 0 Å². The zero-order valence-corrected chi connectivity index (χ0v) is 12.1. The van der Waals surface area contributed by atoms with E-state index in [9.17, 15) is 4.79 Å². The van der Waals surface area contributed by atoms with Crippen molar-refractivity contribution in [3.05, 3.63) is 35.4 Å². The van der Waals surface area contributed by atoms with Gasteiger partial charge in [-0.3, -0.25) is 4.79 Å². The Balaban J connectivity index is 1.97. The molecular weight excluding hydrogens is 236 g/mol. The van der Waals surface area contributed by atoms with E-state index in [0.717, 1.165) is 19.6 Å². The normalized spacial score (nSPS) is 21.2. The second kappa shape index (κ2) is 6.20. The summed E-state index contributed by atoms with van der Waals surface area (Å²) >= 11 is 0. The highest BCUT2D eigenvalue weighted by Crippen LogP contribution is 2.23. The Morgan fingerprint density at radius 3 is 2.89 bits per heavy atom. The predicted molar refractivity (Wildman–Crippen MR) is 78.3 cm³/mol. The molecule has 2 rings (SSSR count). The first-order valence-electron chi connectivity index (χ1n) is 7.14. The molecule has 0 unspecified atom stereocenters. The van der Waals surface area contributed by atoms with Gasteiger partial charge in [-0.05, 0) is 30.9 Å². The van der Waals surface area contributed by atoms with Gasteiger partial charge in [0.2, 0.25) is 5.91 Å². The van der Waals surface area contributed by atoms with Crippen LogP contribution < -0.4 is 5.32 Å². The second-order valence-corrected chi connectivity index (χ2v) is 5.66. The van der Waals surface area contributed by atoms with Crippen LogP contribution in [0, 0.1) is 6.92 Å². The van der Waals surface area contributed by atoms with Crippen molar-refractivity contribution in [2.24, 2.45) is 0 Å². The molecule has 19 heavy (non-hydrogen) atoms. The van der Waals surface area contributed by atoms with Crippen LogP contribution in [0.4, 0.5) is 0 Å². The molecule has 1 amide bonds. The number of rotatable bonds is 3. The van der Waals surface area contributed by atoms with Crippen LogP contribution in [-0.2, 0) is 4.79 Å². The molecule has 3 nitrogen and oxygen atoms in total. The summed E-state index contributed by atoms with van der Waals surface area (Å²) in [5.41, 5.74) is 2.57. The van der Waals surface area contributed by atoms with Crippen LogP contribution in [0.5, 0.6) is 0 Å². The van der Waals surface area contributed by atoms with E-state index in [4.69, 9.17) is 0 Å². The number of carbonyl (C=O) groups excluding carboxylic acids is 1. The molecule has 1 aliphatic heterocycles. The first-order valence-corrected chi connectivity index (χ1v) is 7.14.